The van der Waals surface area contributed by atoms with Crippen molar-refractivity contribution in [3.63, 3.8) is 0 Å². The molecule has 0 radical (unpaired) electrons. The summed E-state index contributed by atoms with van der Waals surface area (Å²) in [5.41, 5.74) is 8.57. The van der Waals surface area contributed by atoms with E-state index >= 15 is 0 Å². The molecule has 0 amide bonds. The summed E-state index contributed by atoms with van der Waals surface area (Å²) in [5.74, 6) is 0.778. The van der Waals surface area contributed by atoms with Gasteiger partial charge in [0, 0.05) is 17.8 Å². The van der Waals surface area contributed by atoms with Gasteiger partial charge in [0.2, 0.25) is 0 Å². The Hall–Kier alpha value is -1.91. The Labute approximate surface area is 87.9 Å². The van der Waals surface area contributed by atoms with Gasteiger partial charge in [0.05, 0.1) is 0 Å². The second kappa shape index (κ2) is 3.68. The van der Waals surface area contributed by atoms with Gasteiger partial charge in [0.15, 0.2) is 5.82 Å². The minimum Gasteiger partial charge on any atom is -0.399 e. The average Bonchev–Trinajstić information content (AvgIpc) is 2.70. The molecular weight excluding hydrogens is 190 g/mol. The highest BCUT2D eigenvalue weighted by Gasteiger charge is 2.07. The molecule has 2 N–H and O–H groups in total. The molecule has 5 heteroatoms. The van der Waals surface area contributed by atoms with Crippen LogP contribution in [0, 0.1) is 6.92 Å². The highest BCUT2D eigenvalue weighted by molar-refractivity contribution is 5.61. The number of benzene rings is 1. The van der Waals surface area contributed by atoms with Gasteiger partial charge in [-0.15, -0.1) is 5.10 Å². The van der Waals surface area contributed by atoms with Crippen LogP contribution in [0.1, 0.15) is 12.5 Å². The molecule has 0 aliphatic carbocycles. The number of tetrazole rings is 1. The Kier molecular flexibility index (Phi) is 2.37. The summed E-state index contributed by atoms with van der Waals surface area (Å²) in [6, 6.07) is 5.80. The van der Waals surface area contributed by atoms with Gasteiger partial charge in [-0.05, 0) is 48.0 Å². The smallest absolute Gasteiger partial charge is 0.182 e. The molecule has 1 heterocycles. The monoisotopic (exact) mass is 203 g/mol. The summed E-state index contributed by atoms with van der Waals surface area (Å²) in [6.07, 6.45) is 0. The molecule has 0 saturated carbocycles. The van der Waals surface area contributed by atoms with Crippen molar-refractivity contribution in [3.05, 3.63) is 23.8 Å². The summed E-state index contributed by atoms with van der Waals surface area (Å²) in [7, 11) is 0. The summed E-state index contributed by atoms with van der Waals surface area (Å²) in [4.78, 5) is 0. The normalized spacial score (nSPS) is 10.5. The molecule has 1 aromatic heterocycles. The lowest BCUT2D eigenvalue weighted by atomic mass is 10.1. The number of anilines is 1. The SMILES string of the molecule is CCn1nnnc1-c1ccc(N)c(C)c1. The lowest BCUT2D eigenvalue weighted by molar-refractivity contribution is 0.631. The second-order valence-electron chi connectivity index (χ2n) is 3.39. The molecule has 5 nitrogen and oxygen atoms in total. The van der Waals surface area contributed by atoms with E-state index in [9.17, 15) is 0 Å². The summed E-state index contributed by atoms with van der Waals surface area (Å²) < 4.78 is 1.75. The first kappa shape index (κ1) is 9.64. The zero-order valence-electron chi connectivity index (χ0n) is 8.81. The number of hydrogen-bond acceptors (Lipinski definition) is 4. The fourth-order valence-corrected chi connectivity index (χ4v) is 1.44. The molecule has 0 atom stereocenters. The van der Waals surface area contributed by atoms with Crippen LogP contribution in [0.15, 0.2) is 18.2 Å². The van der Waals surface area contributed by atoms with E-state index in [-0.39, 0.29) is 0 Å². The average molecular weight is 203 g/mol. The number of aryl methyl sites for hydroxylation is 2. The molecule has 2 rings (SSSR count). The van der Waals surface area contributed by atoms with E-state index in [1.807, 2.05) is 32.0 Å². The first-order chi connectivity index (χ1) is 7.22. The third-order valence-corrected chi connectivity index (χ3v) is 2.36. The minimum atomic E-state index is 0.756. The zero-order valence-corrected chi connectivity index (χ0v) is 8.81. The van der Waals surface area contributed by atoms with Crippen molar-refractivity contribution < 1.29 is 0 Å². The molecule has 78 valence electrons. The number of nitrogen functional groups attached to an aromatic ring is 1. The lowest BCUT2D eigenvalue weighted by Crippen LogP contribution is -2.00. The molecule has 0 unspecified atom stereocenters. The molecule has 0 spiro atoms. The van der Waals surface area contributed by atoms with Crippen LogP contribution in [0.2, 0.25) is 0 Å². The molecule has 0 aliphatic heterocycles. The quantitative estimate of drug-likeness (QED) is 0.746. The largest absolute Gasteiger partial charge is 0.399 e. The molecule has 0 saturated heterocycles. The van der Waals surface area contributed by atoms with Crippen molar-refractivity contribution >= 4 is 5.69 Å². The van der Waals surface area contributed by atoms with Crippen LogP contribution >= 0.6 is 0 Å². The van der Waals surface area contributed by atoms with Crippen LogP contribution in [0.25, 0.3) is 11.4 Å². The van der Waals surface area contributed by atoms with Crippen molar-refractivity contribution in [3.8, 4) is 11.4 Å². The zero-order chi connectivity index (χ0) is 10.8. The predicted octanol–water partition coefficient (Wildman–Crippen LogP) is 1.25. The first-order valence-corrected chi connectivity index (χ1v) is 4.85. The third-order valence-electron chi connectivity index (χ3n) is 2.36. The molecule has 0 aliphatic rings. The fourth-order valence-electron chi connectivity index (χ4n) is 1.44. The van der Waals surface area contributed by atoms with Crippen molar-refractivity contribution in [2.45, 2.75) is 20.4 Å². The van der Waals surface area contributed by atoms with Crippen molar-refractivity contribution in [2.75, 3.05) is 5.73 Å². The van der Waals surface area contributed by atoms with Gasteiger partial charge >= 0.3 is 0 Å². The lowest BCUT2D eigenvalue weighted by Gasteiger charge is -2.04. The van der Waals surface area contributed by atoms with E-state index < -0.39 is 0 Å². The van der Waals surface area contributed by atoms with Crippen molar-refractivity contribution in [1.82, 2.24) is 20.2 Å². The van der Waals surface area contributed by atoms with Crippen LogP contribution in [0.5, 0.6) is 0 Å². The van der Waals surface area contributed by atoms with Crippen molar-refractivity contribution in [1.29, 1.82) is 0 Å². The fraction of sp³-hybridized carbons (Fsp3) is 0.300. The number of rotatable bonds is 2. The minimum absolute atomic E-state index is 0.756. The van der Waals surface area contributed by atoms with Gasteiger partial charge in [-0.1, -0.05) is 0 Å². The Morgan fingerprint density at radius 2 is 2.20 bits per heavy atom. The Morgan fingerprint density at radius 3 is 2.87 bits per heavy atom. The number of hydrogen-bond donors (Lipinski definition) is 1. The van der Waals surface area contributed by atoms with Gasteiger partial charge in [-0.3, -0.25) is 0 Å². The maximum absolute atomic E-state index is 5.75. The molecule has 15 heavy (non-hydrogen) atoms. The number of nitrogens with two attached hydrogens (primary N) is 1. The number of nitrogens with zero attached hydrogens (tertiary/aromatic N) is 4. The van der Waals surface area contributed by atoms with Gasteiger partial charge in [-0.25, -0.2) is 4.68 Å². The standard InChI is InChI=1S/C10H13N5/c1-3-15-10(12-13-14-15)8-4-5-9(11)7(2)6-8/h4-6H,3,11H2,1-2H3. The molecule has 0 fully saturated rings. The topological polar surface area (TPSA) is 69.6 Å². The Morgan fingerprint density at radius 1 is 1.40 bits per heavy atom. The van der Waals surface area contributed by atoms with Crippen LogP contribution in [0.3, 0.4) is 0 Å². The first-order valence-electron chi connectivity index (χ1n) is 4.85. The van der Waals surface area contributed by atoms with Gasteiger partial charge in [0.25, 0.3) is 0 Å². The van der Waals surface area contributed by atoms with Gasteiger partial charge in [-0.2, -0.15) is 0 Å². The van der Waals surface area contributed by atoms with Crippen LogP contribution < -0.4 is 5.73 Å². The molecular formula is C10H13N5. The Bertz CT molecular complexity index is 474. The summed E-state index contributed by atoms with van der Waals surface area (Å²) in [6.45, 7) is 4.73. The predicted molar refractivity (Wildman–Crippen MR) is 58.1 cm³/mol. The maximum Gasteiger partial charge on any atom is 0.182 e. The highest BCUT2D eigenvalue weighted by atomic mass is 15.5. The van der Waals surface area contributed by atoms with E-state index in [4.69, 9.17) is 5.73 Å². The molecule has 0 bridgehead atoms. The number of aromatic nitrogens is 4. The van der Waals surface area contributed by atoms with E-state index in [0.29, 0.717) is 0 Å². The summed E-state index contributed by atoms with van der Waals surface area (Å²) >= 11 is 0. The second-order valence-corrected chi connectivity index (χ2v) is 3.39. The van der Waals surface area contributed by atoms with E-state index in [2.05, 4.69) is 15.5 Å². The van der Waals surface area contributed by atoms with Crippen LogP contribution in [0.4, 0.5) is 5.69 Å². The molecule has 1 aromatic carbocycles. The van der Waals surface area contributed by atoms with Crippen molar-refractivity contribution in [2.24, 2.45) is 0 Å². The van der Waals surface area contributed by atoms with E-state index in [1.165, 1.54) is 0 Å². The van der Waals surface area contributed by atoms with Crippen LogP contribution in [-0.2, 0) is 6.54 Å². The molecule has 2 aromatic rings. The van der Waals surface area contributed by atoms with Gasteiger partial charge < -0.3 is 5.73 Å². The highest BCUT2D eigenvalue weighted by Crippen LogP contribution is 2.20. The maximum atomic E-state index is 5.75. The summed E-state index contributed by atoms with van der Waals surface area (Å²) in [5, 5.41) is 11.5. The van der Waals surface area contributed by atoms with Crippen LogP contribution in [-0.4, -0.2) is 20.2 Å². The van der Waals surface area contributed by atoms with E-state index in [1.54, 1.807) is 4.68 Å². The third kappa shape index (κ3) is 1.68. The van der Waals surface area contributed by atoms with E-state index in [0.717, 1.165) is 29.2 Å². The van der Waals surface area contributed by atoms with Gasteiger partial charge in [0.1, 0.15) is 0 Å². The Balaban J connectivity index is 2.50.